The van der Waals surface area contributed by atoms with E-state index in [1.165, 1.54) is 0 Å². The molecule has 0 radical (unpaired) electrons. The van der Waals surface area contributed by atoms with E-state index in [4.69, 9.17) is 4.42 Å². The van der Waals surface area contributed by atoms with Gasteiger partial charge in [0.1, 0.15) is 0 Å². The Labute approximate surface area is 116 Å². The zero-order valence-electron chi connectivity index (χ0n) is 11.3. The van der Waals surface area contributed by atoms with E-state index >= 15 is 0 Å². The molecule has 0 unspecified atom stereocenters. The standard InChI is InChI=1S/C16H14N2O2/c1-10-8-13-14(9-11(10)2)18-16(20-15(13)19)17-12-6-4-3-5-7-12/h3-9H,1-2H3,(H,17,18). The molecule has 2 aromatic carbocycles. The van der Waals surface area contributed by atoms with Crippen LogP contribution in [0.2, 0.25) is 0 Å². The van der Waals surface area contributed by atoms with Crippen LogP contribution in [0.5, 0.6) is 0 Å². The average Bonchev–Trinajstić information content (AvgIpc) is 2.42. The maximum atomic E-state index is 12.0. The molecule has 4 heteroatoms. The molecule has 1 heterocycles. The first-order valence-corrected chi connectivity index (χ1v) is 6.37. The molecule has 0 amide bonds. The Bertz CT molecular complexity index is 823. The van der Waals surface area contributed by atoms with Crippen molar-refractivity contribution in [3.8, 4) is 0 Å². The van der Waals surface area contributed by atoms with Crippen molar-refractivity contribution >= 4 is 22.6 Å². The molecule has 1 N–H and O–H groups in total. The third kappa shape index (κ3) is 2.28. The fourth-order valence-electron chi connectivity index (χ4n) is 2.03. The highest BCUT2D eigenvalue weighted by Gasteiger charge is 2.08. The van der Waals surface area contributed by atoms with Crippen LogP contribution in [0.4, 0.5) is 11.7 Å². The summed E-state index contributed by atoms with van der Waals surface area (Å²) in [6.07, 6.45) is 0. The number of anilines is 2. The molecular weight excluding hydrogens is 252 g/mol. The highest BCUT2D eigenvalue weighted by Crippen LogP contribution is 2.18. The fourth-order valence-corrected chi connectivity index (χ4v) is 2.03. The lowest BCUT2D eigenvalue weighted by Crippen LogP contribution is -2.05. The molecule has 4 nitrogen and oxygen atoms in total. The number of aryl methyl sites for hydroxylation is 2. The lowest BCUT2D eigenvalue weighted by atomic mass is 10.1. The molecule has 0 spiro atoms. The smallest absolute Gasteiger partial charge is 0.348 e. The van der Waals surface area contributed by atoms with E-state index in [2.05, 4.69) is 10.3 Å². The number of hydrogen-bond donors (Lipinski definition) is 1. The van der Waals surface area contributed by atoms with Crippen LogP contribution in [0.25, 0.3) is 10.9 Å². The first-order chi connectivity index (χ1) is 9.63. The quantitative estimate of drug-likeness (QED) is 0.770. The van der Waals surface area contributed by atoms with E-state index in [1.54, 1.807) is 0 Å². The van der Waals surface area contributed by atoms with Crippen molar-refractivity contribution in [1.29, 1.82) is 0 Å². The van der Waals surface area contributed by atoms with Gasteiger partial charge in [0.2, 0.25) is 0 Å². The van der Waals surface area contributed by atoms with Crippen LogP contribution in [-0.4, -0.2) is 4.98 Å². The van der Waals surface area contributed by atoms with Crippen molar-refractivity contribution in [2.75, 3.05) is 5.32 Å². The Morgan fingerprint density at radius 3 is 2.50 bits per heavy atom. The Morgan fingerprint density at radius 2 is 1.75 bits per heavy atom. The lowest BCUT2D eigenvalue weighted by molar-refractivity contribution is 0.522. The number of aromatic nitrogens is 1. The largest absolute Gasteiger partial charge is 0.388 e. The van der Waals surface area contributed by atoms with Gasteiger partial charge in [-0.15, -0.1) is 0 Å². The van der Waals surface area contributed by atoms with E-state index in [0.29, 0.717) is 10.9 Å². The Balaban J connectivity index is 2.10. The molecule has 0 aliphatic rings. The second-order valence-electron chi connectivity index (χ2n) is 4.75. The summed E-state index contributed by atoms with van der Waals surface area (Å²) in [5.74, 6) is 0. The minimum atomic E-state index is -0.378. The Hall–Kier alpha value is -2.62. The number of fused-ring (bicyclic) bond motifs is 1. The fraction of sp³-hybridized carbons (Fsp3) is 0.125. The number of para-hydroxylation sites is 1. The third-order valence-corrected chi connectivity index (χ3v) is 3.27. The molecule has 0 fully saturated rings. The number of nitrogens with zero attached hydrogens (tertiary/aromatic N) is 1. The number of benzene rings is 2. The van der Waals surface area contributed by atoms with Crippen LogP contribution >= 0.6 is 0 Å². The average molecular weight is 266 g/mol. The van der Waals surface area contributed by atoms with Crippen LogP contribution in [0.1, 0.15) is 11.1 Å². The van der Waals surface area contributed by atoms with Crippen LogP contribution < -0.4 is 10.9 Å². The third-order valence-electron chi connectivity index (χ3n) is 3.27. The molecule has 100 valence electrons. The van der Waals surface area contributed by atoms with Crippen LogP contribution in [-0.2, 0) is 0 Å². The van der Waals surface area contributed by atoms with Gasteiger partial charge in [-0.25, -0.2) is 4.79 Å². The summed E-state index contributed by atoms with van der Waals surface area (Å²) in [5, 5.41) is 3.50. The number of nitrogens with one attached hydrogen (secondary N) is 1. The first-order valence-electron chi connectivity index (χ1n) is 6.37. The molecule has 0 saturated heterocycles. The highest BCUT2D eigenvalue weighted by molar-refractivity contribution is 5.80. The molecule has 0 atom stereocenters. The first kappa shape index (κ1) is 12.4. The summed E-state index contributed by atoms with van der Waals surface area (Å²) >= 11 is 0. The Morgan fingerprint density at radius 1 is 1.05 bits per heavy atom. The molecule has 0 bridgehead atoms. The molecule has 0 saturated carbocycles. The predicted octanol–water partition coefficient (Wildman–Crippen LogP) is 3.55. The van der Waals surface area contributed by atoms with Gasteiger partial charge in [-0.1, -0.05) is 18.2 Å². The highest BCUT2D eigenvalue weighted by atomic mass is 16.4. The van der Waals surface area contributed by atoms with Crippen molar-refractivity contribution in [3.05, 3.63) is 64.0 Å². The van der Waals surface area contributed by atoms with Gasteiger partial charge in [-0.2, -0.15) is 4.98 Å². The minimum absolute atomic E-state index is 0.206. The maximum Gasteiger partial charge on any atom is 0.348 e. The predicted molar refractivity (Wildman–Crippen MR) is 79.5 cm³/mol. The zero-order valence-corrected chi connectivity index (χ0v) is 11.3. The maximum absolute atomic E-state index is 12.0. The second kappa shape index (κ2) is 4.81. The summed E-state index contributed by atoms with van der Waals surface area (Å²) in [6, 6.07) is 13.4. The molecule has 0 aliphatic carbocycles. The van der Waals surface area contributed by atoms with Gasteiger partial charge >= 0.3 is 11.6 Å². The van der Waals surface area contributed by atoms with Crippen molar-refractivity contribution < 1.29 is 4.42 Å². The van der Waals surface area contributed by atoms with E-state index in [1.807, 2.05) is 56.3 Å². The van der Waals surface area contributed by atoms with Gasteiger partial charge in [0.05, 0.1) is 10.9 Å². The van der Waals surface area contributed by atoms with Crippen molar-refractivity contribution in [1.82, 2.24) is 4.98 Å². The van der Waals surface area contributed by atoms with E-state index in [9.17, 15) is 4.79 Å². The molecule has 20 heavy (non-hydrogen) atoms. The van der Waals surface area contributed by atoms with Crippen LogP contribution in [0.3, 0.4) is 0 Å². The molecular formula is C16H14N2O2. The van der Waals surface area contributed by atoms with Gasteiger partial charge in [0, 0.05) is 5.69 Å². The van der Waals surface area contributed by atoms with Gasteiger partial charge in [-0.3, -0.25) is 0 Å². The van der Waals surface area contributed by atoms with Gasteiger partial charge in [-0.05, 0) is 49.2 Å². The van der Waals surface area contributed by atoms with Crippen molar-refractivity contribution in [2.24, 2.45) is 0 Å². The molecule has 3 aromatic rings. The zero-order chi connectivity index (χ0) is 14.1. The second-order valence-corrected chi connectivity index (χ2v) is 4.75. The Kier molecular flexibility index (Phi) is 2.99. The summed E-state index contributed by atoms with van der Waals surface area (Å²) < 4.78 is 5.21. The summed E-state index contributed by atoms with van der Waals surface area (Å²) in [5.41, 5.74) is 3.24. The van der Waals surface area contributed by atoms with Crippen molar-refractivity contribution in [3.63, 3.8) is 0 Å². The lowest BCUT2D eigenvalue weighted by Gasteiger charge is -2.06. The van der Waals surface area contributed by atoms with E-state index in [-0.39, 0.29) is 11.6 Å². The summed E-state index contributed by atoms with van der Waals surface area (Å²) in [6.45, 7) is 3.96. The van der Waals surface area contributed by atoms with E-state index in [0.717, 1.165) is 16.8 Å². The summed E-state index contributed by atoms with van der Waals surface area (Å²) in [7, 11) is 0. The van der Waals surface area contributed by atoms with Gasteiger partial charge in [0.15, 0.2) is 0 Å². The SMILES string of the molecule is Cc1cc2nc(Nc3ccccc3)oc(=O)c2cc1C. The van der Waals surface area contributed by atoms with Crippen molar-refractivity contribution in [2.45, 2.75) is 13.8 Å². The number of rotatable bonds is 2. The minimum Gasteiger partial charge on any atom is -0.388 e. The van der Waals surface area contributed by atoms with Crippen LogP contribution in [0, 0.1) is 13.8 Å². The molecule has 3 rings (SSSR count). The summed E-state index contributed by atoms with van der Waals surface area (Å²) in [4.78, 5) is 16.4. The molecule has 1 aromatic heterocycles. The monoisotopic (exact) mass is 266 g/mol. The van der Waals surface area contributed by atoms with E-state index < -0.39 is 0 Å². The van der Waals surface area contributed by atoms with Gasteiger partial charge in [0.25, 0.3) is 0 Å². The van der Waals surface area contributed by atoms with Crippen LogP contribution in [0.15, 0.2) is 51.7 Å². The normalized spacial score (nSPS) is 10.7. The topological polar surface area (TPSA) is 55.1 Å². The molecule has 0 aliphatic heterocycles. The van der Waals surface area contributed by atoms with Gasteiger partial charge < -0.3 is 9.73 Å². The number of hydrogen-bond acceptors (Lipinski definition) is 4.